The minimum Gasteiger partial charge on any atom is -0.484 e. The Balaban J connectivity index is 1.09. The highest BCUT2D eigenvalue weighted by Crippen LogP contribution is 2.60. The average molecular weight is 481 g/mol. The molecule has 3 aliphatic carbocycles. The predicted octanol–water partition coefficient (Wildman–Crippen LogP) is 1.82. The minimum atomic E-state index is -0.592. The molecule has 4 unspecified atom stereocenters. The molecule has 4 N–H and O–H groups in total. The summed E-state index contributed by atoms with van der Waals surface area (Å²) in [5.41, 5.74) is 2.54. The normalized spacial score (nSPS) is 36.9. The van der Waals surface area contributed by atoms with Crippen LogP contribution in [0.2, 0.25) is 5.02 Å². The predicted molar refractivity (Wildman–Crippen MR) is 119 cm³/mol. The van der Waals surface area contributed by atoms with Crippen LogP contribution >= 0.6 is 11.6 Å². The SMILES string of the molecule is CC1ONC(C2CCCCN2)C1C(=O)NC12CC(NC(=O)COc3ccc(Cl)c(F)c3)(C1)C2. The van der Waals surface area contributed by atoms with E-state index in [0.29, 0.717) is 19.3 Å². The van der Waals surface area contributed by atoms with Gasteiger partial charge < -0.3 is 20.7 Å². The van der Waals surface area contributed by atoms with Gasteiger partial charge in [0.25, 0.3) is 5.91 Å². The lowest BCUT2D eigenvalue weighted by atomic mass is 9.44. The van der Waals surface area contributed by atoms with Crippen molar-refractivity contribution in [2.75, 3.05) is 13.2 Å². The molecule has 2 aliphatic heterocycles. The number of amides is 2. The molecule has 5 fully saturated rings. The van der Waals surface area contributed by atoms with Crippen molar-refractivity contribution < 1.29 is 23.6 Å². The maximum atomic E-state index is 13.5. The van der Waals surface area contributed by atoms with E-state index < -0.39 is 5.82 Å². The first-order valence-electron chi connectivity index (χ1n) is 11.6. The van der Waals surface area contributed by atoms with Crippen LogP contribution in [-0.4, -0.2) is 54.2 Å². The average Bonchev–Trinajstić information content (AvgIpc) is 3.14. The van der Waals surface area contributed by atoms with Gasteiger partial charge in [-0.05, 0) is 57.7 Å². The molecule has 10 heteroatoms. The number of halogens is 2. The molecule has 0 radical (unpaired) electrons. The molecule has 8 nitrogen and oxygen atoms in total. The first-order chi connectivity index (χ1) is 15.8. The highest BCUT2D eigenvalue weighted by atomic mass is 35.5. The quantitative estimate of drug-likeness (QED) is 0.475. The maximum absolute atomic E-state index is 13.5. The van der Waals surface area contributed by atoms with Crippen LogP contribution < -0.4 is 26.2 Å². The van der Waals surface area contributed by atoms with Crippen LogP contribution in [0.3, 0.4) is 0 Å². The largest absolute Gasteiger partial charge is 0.484 e. The molecule has 2 bridgehead atoms. The summed E-state index contributed by atoms with van der Waals surface area (Å²) in [7, 11) is 0. The number of rotatable bonds is 7. The second-order valence-electron chi connectivity index (χ2n) is 10.0. The van der Waals surface area contributed by atoms with Crippen LogP contribution in [0, 0.1) is 11.7 Å². The lowest BCUT2D eigenvalue weighted by Gasteiger charge is -2.70. The molecule has 4 atom stereocenters. The lowest BCUT2D eigenvalue weighted by Crippen LogP contribution is -2.84. The zero-order chi connectivity index (χ0) is 23.2. The van der Waals surface area contributed by atoms with Gasteiger partial charge in [-0.15, -0.1) is 0 Å². The molecule has 1 aromatic carbocycles. The van der Waals surface area contributed by atoms with Crippen molar-refractivity contribution in [1.29, 1.82) is 0 Å². The molecule has 2 amide bonds. The zero-order valence-corrected chi connectivity index (χ0v) is 19.3. The van der Waals surface area contributed by atoms with E-state index in [9.17, 15) is 14.0 Å². The van der Waals surface area contributed by atoms with Crippen molar-refractivity contribution in [3.8, 4) is 5.75 Å². The molecule has 0 aromatic heterocycles. The standard InChI is InChI=1S/C23H30ClFN4O4/c1-13-19(20(29-33-13)17-4-2-3-7-26-17)21(31)28-23-10-22(11-23,12-23)27-18(30)9-32-14-5-6-15(24)16(25)8-14/h5-6,8,13,17,19-20,26,29H,2-4,7,9-12H2,1H3,(H,27,30)(H,28,31). The Morgan fingerprint density at radius 3 is 2.70 bits per heavy atom. The fraction of sp³-hybridized carbons (Fsp3) is 0.652. The summed E-state index contributed by atoms with van der Waals surface area (Å²) in [5, 5.41) is 9.77. The highest BCUT2D eigenvalue weighted by Gasteiger charge is 2.69. The van der Waals surface area contributed by atoms with Crippen LogP contribution in [0.15, 0.2) is 18.2 Å². The summed E-state index contributed by atoms with van der Waals surface area (Å²) < 4.78 is 18.9. The van der Waals surface area contributed by atoms with E-state index in [1.807, 2.05) is 6.92 Å². The molecular formula is C23H30ClFN4O4. The zero-order valence-electron chi connectivity index (χ0n) is 18.6. The number of benzene rings is 1. The fourth-order valence-electron chi connectivity index (χ4n) is 5.96. The summed E-state index contributed by atoms with van der Waals surface area (Å²) in [6.45, 7) is 2.69. The second kappa shape index (κ2) is 8.69. The molecule has 33 heavy (non-hydrogen) atoms. The number of nitrogens with one attached hydrogen (secondary N) is 4. The lowest BCUT2D eigenvalue weighted by molar-refractivity contribution is -0.153. The molecule has 3 saturated carbocycles. The number of hydrogen-bond acceptors (Lipinski definition) is 6. The van der Waals surface area contributed by atoms with Crippen molar-refractivity contribution in [3.63, 3.8) is 0 Å². The Morgan fingerprint density at radius 2 is 2.00 bits per heavy atom. The number of ether oxygens (including phenoxy) is 1. The molecule has 2 saturated heterocycles. The van der Waals surface area contributed by atoms with Crippen LogP contribution in [0.4, 0.5) is 4.39 Å². The number of hydroxylamine groups is 1. The van der Waals surface area contributed by atoms with Gasteiger partial charge in [-0.1, -0.05) is 18.0 Å². The van der Waals surface area contributed by atoms with E-state index in [-0.39, 0.29) is 64.4 Å². The molecule has 180 valence electrons. The number of carbonyl (C=O) groups is 2. The molecule has 0 spiro atoms. The van der Waals surface area contributed by atoms with Crippen molar-refractivity contribution >= 4 is 23.4 Å². The van der Waals surface area contributed by atoms with Crippen molar-refractivity contribution in [1.82, 2.24) is 21.4 Å². The van der Waals surface area contributed by atoms with Crippen LogP contribution in [0.5, 0.6) is 5.75 Å². The maximum Gasteiger partial charge on any atom is 0.258 e. The summed E-state index contributed by atoms with van der Waals surface area (Å²) >= 11 is 5.65. The van der Waals surface area contributed by atoms with Crippen molar-refractivity contribution in [2.45, 2.75) is 74.7 Å². The van der Waals surface area contributed by atoms with Gasteiger partial charge in [-0.3, -0.25) is 14.4 Å². The fourth-order valence-corrected chi connectivity index (χ4v) is 6.08. The van der Waals surface area contributed by atoms with E-state index in [1.54, 1.807) is 0 Å². The molecule has 5 aliphatic rings. The van der Waals surface area contributed by atoms with E-state index >= 15 is 0 Å². The van der Waals surface area contributed by atoms with Crippen LogP contribution in [0.1, 0.15) is 45.4 Å². The van der Waals surface area contributed by atoms with Crippen LogP contribution in [-0.2, 0) is 14.4 Å². The molecule has 2 heterocycles. The molecule has 6 rings (SSSR count). The molecular weight excluding hydrogens is 451 g/mol. The van der Waals surface area contributed by atoms with Gasteiger partial charge in [0.1, 0.15) is 11.6 Å². The summed E-state index contributed by atoms with van der Waals surface area (Å²) in [4.78, 5) is 31.1. The topological polar surface area (TPSA) is 101 Å². The van der Waals surface area contributed by atoms with E-state index in [4.69, 9.17) is 21.2 Å². The minimum absolute atomic E-state index is 0.00341. The third-order valence-corrected chi connectivity index (χ3v) is 7.76. The number of piperidine rings is 1. The van der Waals surface area contributed by atoms with Crippen molar-refractivity contribution in [3.05, 3.63) is 29.0 Å². The first kappa shape index (κ1) is 22.8. The Morgan fingerprint density at radius 1 is 1.24 bits per heavy atom. The Bertz CT molecular complexity index is 921. The first-order valence-corrected chi connectivity index (χ1v) is 12.0. The highest BCUT2D eigenvalue weighted by molar-refractivity contribution is 6.30. The summed E-state index contributed by atoms with van der Waals surface area (Å²) in [5.74, 6) is -0.858. The number of hydrogen-bond donors (Lipinski definition) is 4. The van der Waals surface area contributed by atoms with Crippen LogP contribution in [0.25, 0.3) is 0 Å². The van der Waals surface area contributed by atoms with Gasteiger partial charge in [-0.2, -0.15) is 5.48 Å². The Kier molecular flexibility index (Phi) is 6.01. The van der Waals surface area contributed by atoms with Crippen molar-refractivity contribution in [2.24, 2.45) is 5.92 Å². The number of carbonyl (C=O) groups excluding carboxylic acids is 2. The molecule has 1 aromatic rings. The Hall–Kier alpha value is -1.94. The van der Waals surface area contributed by atoms with Gasteiger partial charge in [0.2, 0.25) is 5.91 Å². The van der Waals surface area contributed by atoms with E-state index in [0.717, 1.165) is 31.9 Å². The van der Waals surface area contributed by atoms with E-state index in [1.165, 1.54) is 12.1 Å². The van der Waals surface area contributed by atoms with Gasteiger partial charge >= 0.3 is 0 Å². The van der Waals surface area contributed by atoms with Gasteiger partial charge in [0.15, 0.2) is 6.61 Å². The van der Waals surface area contributed by atoms with Gasteiger partial charge in [0.05, 0.1) is 23.1 Å². The second-order valence-corrected chi connectivity index (χ2v) is 10.4. The summed E-state index contributed by atoms with van der Waals surface area (Å²) in [6.07, 6.45) is 5.26. The monoisotopic (exact) mass is 480 g/mol. The summed E-state index contributed by atoms with van der Waals surface area (Å²) in [6, 6.07) is 4.24. The smallest absolute Gasteiger partial charge is 0.258 e. The van der Waals surface area contributed by atoms with E-state index in [2.05, 4.69) is 21.4 Å². The third-order valence-electron chi connectivity index (χ3n) is 7.45. The Labute approximate surface area is 197 Å². The van der Waals surface area contributed by atoms with Gasteiger partial charge in [-0.25, -0.2) is 4.39 Å². The third kappa shape index (κ3) is 4.43. The van der Waals surface area contributed by atoms with Gasteiger partial charge in [0, 0.05) is 23.2 Å².